The molecular formula is C15H14F3N4O. The SMILES string of the molecule is FC(F)(F)Oc1cc(CNc2nc[c]cn2)cc(N2CCC2)c1. The van der Waals surface area contributed by atoms with Crippen LogP contribution in [-0.4, -0.2) is 29.4 Å². The van der Waals surface area contributed by atoms with E-state index in [0.717, 1.165) is 25.2 Å². The molecule has 23 heavy (non-hydrogen) atoms. The lowest BCUT2D eigenvalue weighted by molar-refractivity contribution is -0.274. The van der Waals surface area contributed by atoms with E-state index < -0.39 is 6.36 Å². The molecule has 5 nitrogen and oxygen atoms in total. The van der Waals surface area contributed by atoms with Gasteiger partial charge in [-0.3, -0.25) is 0 Å². The van der Waals surface area contributed by atoms with Crippen LogP contribution in [0.15, 0.2) is 30.6 Å². The van der Waals surface area contributed by atoms with Gasteiger partial charge in [0.25, 0.3) is 0 Å². The highest BCUT2D eigenvalue weighted by atomic mass is 19.4. The maximum absolute atomic E-state index is 12.5. The van der Waals surface area contributed by atoms with Crippen molar-refractivity contribution in [2.75, 3.05) is 23.3 Å². The summed E-state index contributed by atoms with van der Waals surface area (Å²) >= 11 is 0. The third-order valence-electron chi connectivity index (χ3n) is 3.38. The fourth-order valence-corrected chi connectivity index (χ4v) is 2.23. The minimum atomic E-state index is -4.71. The fourth-order valence-electron chi connectivity index (χ4n) is 2.23. The van der Waals surface area contributed by atoms with E-state index in [1.165, 1.54) is 24.5 Å². The molecule has 1 radical (unpaired) electrons. The molecule has 3 rings (SSSR count). The van der Waals surface area contributed by atoms with Crippen molar-refractivity contribution in [3.8, 4) is 5.75 Å². The van der Waals surface area contributed by atoms with Gasteiger partial charge in [-0.2, -0.15) is 0 Å². The highest BCUT2D eigenvalue weighted by Crippen LogP contribution is 2.31. The zero-order valence-electron chi connectivity index (χ0n) is 12.1. The zero-order chi connectivity index (χ0) is 16.3. The number of aromatic nitrogens is 2. The molecule has 0 saturated carbocycles. The Hall–Kier alpha value is -2.51. The first-order chi connectivity index (χ1) is 11.0. The Kier molecular flexibility index (Phi) is 4.22. The molecule has 0 unspecified atom stereocenters. The van der Waals surface area contributed by atoms with Crippen molar-refractivity contribution >= 4 is 11.6 Å². The molecule has 1 aromatic heterocycles. The summed E-state index contributed by atoms with van der Waals surface area (Å²) in [5.41, 5.74) is 1.38. The van der Waals surface area contributed by atoms with Gasteiger partial charge in [-0.1, -0.05) is 0 Å². The Labute approximate surface area is 131 Å². The number of anilines is 2. The first-order valence-corrected chi connectivity index (χ1v) is 7.06. The summed E-state index contributed by atoms with van der Waals surface area (Å²) in [6.45, 7) is 1.96. The molecule has 0 spiro atoms. The maximum Gasteiger partial charge on any atom is 0.573 e. The fraction of sp³-hybridized carbons (Fsp3) is 0.333. The van der Waals surface area contributed by atoms with Gasteiger partial charge in [-0.15, -0.1) is 13.2 Å². The Bertz CT molecular complexity index is 660. The lowest BCUT2D eigenvalue weighted by atomic mass is 10.1. The summed E-state index contributed by atoms with van der Waals surface area (Å²) in [5.74, 6) is 0.164. The highest BCUT2D eigenvalue weighted by molar-refractivity contribution is 5.55. The third kappa shape index (κ3) is 4.24. The van der Waals surface area contributed by atoms with Crippen molar-refractivity contribution in [2.45, 2.75) is 19.3 Å². The number of nitrogens with zero attached hydrogens (tertiary/aromatic N) is 3. The van der Waals surface area contributed by atoms with Gasteiger partial charge < -0.3 is 15.0 Å². The molecule has 0 bridgehead atoms. The summed E-state index contributed by atoms with van der Waals surface area (Å²) in [5, 5.41) is 2.96. The number of ether oxygens (including phenoxy) is 1. The van der Waals surface area contributed by atoms with Crippen LogP contribution in [0.5, 0.6) is 5.75 Å². The first-order valence-electron chi connectivity index (χ1n) is 7.06. The van der Waals surface area contributed by atoms with E-state index >= 15 is 0 Å². The van der Waals surface area contributed by atoms with Gasteiger partial charge >= 0.3 is 6.36 Å². The van der Waals surface area contributed by atoms with Gasteiger partial charge in [0.2, 0.25) is 5.95 Å². The minimum absolute atomic E-state index is 0.221. The monoisotopic (exact) mass is 323 g/mol. The van der Waals surface area contributed by atoms with Gasteiger partial charge in [-0.25, -0.2) is 9.97 Å². The van der Waals surface area contributed by atoms with Crippen LogP contribution in [0.2, 0.25) is 0 Å². The van der Waals surface area contributed by atoms with Crippen molar-refractivity contribution in [2.24, 2.45) is 0 Å². The number of nitrogens with one attached hydrogen (secondary N) is 1. The van der Waals surface area contributed by atoms with Crippen molar-refractivity contribution in [1.82, 2.24) is 9.97 Å². The second-order valence-corrected chi connectivity index (χ2v) is 5.08. The molecule has 1 aliphatic rings. The van der Waals surface area contributed by atoms with Gasteiger partial charge in [0.15, 0.2) is 0 Å². The van der Waals surface area contributed by atoms with E-state index in [-0.39, 0.29) is 5.75 Å². The third-order valence-corrected chi connectivity index (χ3v) is 3.38. The Balaban J connectivity index is 1.78. The summed E-state index contributed by atoms with van der Waals surface area (Å²) in [6.07, 6.45) is -0.753. The lowest BCUT2D eigenvalue weighted by Crippen LogP contribution is -2.37. The second kappa shape index (κ2) is 6.31. The van der Waals surface area contributed by atoms with Crippen LogP contribution in [-0.2, 0) is 6.54 Å². The standard InChI is InChI=1S/C15H14F3N4O/c16-15(17,18)23-13-8-11(7-12(9-13)22-5-2-6-22)10-21-14-19-3-1-4-20-14/h3-4,7-9H,2,5-6,10H2,(H,19,20,21). The predicted molar refractivity (Wildman–Crippen MR) is 78.1 cm³/mol. The van der Waals surface area contributed by atoms with E-state index in [9.17, 15) is 13.2 Å². The highest BCUT2D eigenvalue weighted by Gasteiger charge is 2.31. The zero-order valence-corrected chi connectivity index (χ0v) is 12.1. The second-order valence-electron chi connectivity index (χ2n) is 5.08. The number of rotatable bonds is 5. The lowest BCUT2D eigenvalue weighted by Gasteiger charge is -2.33. The number of hydrogen-bond acceptors (Lipinski definition) is 5. The summed E-state index contributed by atoms with van der Waals surface area (Å²) in [4.78, 5) is 9.92. The summed E-state index contributed by atoms with van der Waals surface area (Å²) < 4.78 is 41.5. The molecule has 2 heterocycles. The quantitative estimate of drug-likeness (QED) is 0.917. The van der Waals surface area contributed by atoms with E-state index in [0.29, 0.717) is 18.1 Å². The molecule has 1 aliphatic heterocycles. The molecule has 0 amide bonds. The molecule has 2 aromatic rings. The van der Waals surface area contributed by atoms with Crippen LogP contribution in [0, 0.1) is 6.07 Å². The van der Waals surface area contributed by atoms with E-state index in [4.69, 9.17) is 0 Å². The molecule has 1 aromatic carbocycles. The Morgan fingerprint density at radius 1 is 1.17 bits per heavy atom. The van der Waals surface area contributed by atoms with Crippen LogP contribution >= 0.6 is 0 Å². The summed E-state index contributed by atoms with van der Waals surface area (Å²) in [6, 6.07) is 7.30. The smallest absolute Gasteiger partial charge is 0.406 e. The molecule has 1 fully saturated rings. The van der Waals surface area contributed by atoms with Crippen LogP contribution < -0.4 is 15.0 Å². The molecule has 1 saturated heterocycles. The average molecular weight is 323 g/mol. The van der Waals surface area contributed by atoms with Crippen molar-refractivity contribution in [3.05, 3.63) is 42.2 Å². The van der Waals surface area contributed by atoms with Crippen LogP contribution in [0.3, 0.4) is 0 Å². The van der Waals surface area contributed by atoms with Crippen LogP contribution in [0.4, 0.5) is 24.8 Å². The Morgan fingerprint density at radius 2 is 1.91 bits per heavy atom. The molecule has 0 atom stereocenters. The van der Waals surface area contributed by atoms with E-state index in [2.05, 4.69) is 26.1 Å². The largest absolute Gasteiger partial charge is 0.573 e. The van der Waals surface area contributed by atoms with Crippen molar-refractivity contribution in [1.29, 1.82) is 0 Å². The topological polar surface area (TPSA) is 50.3 Å². The van der Waals surface area contributed by atoms with Crippen molar-refractivity contribution in [3.63, 3.8) is 0 Å². The van der Waals surface area contributed by atoms with Gasteiger partial charge in [0.1, 0.15) is 5.75 Å². The molecule has 121 valence electrons. The maximum atomic E-state index is 12.5. The van der Waals surface area contributed by atoms with Gasteiger partial charge in [-0.05, 0) is 24.1 Å². The van der Waals surface area contributed by atoms with Gasteiger partial charge in [0, 0.05) is 49.8 Å². The number of benzene rings is 1. The normalized spacial score (nSPS) is 14.3. The number of alkyl halides is 3. The molecule has 1 N–H and O–H groups in total. The van der Waals surface area contributed by atoms with Crippen LogP contribution in [0.25, 0.3) is 0 Å². The predicted octanol–water partition coefficient (Wildman–Crippen LogP) is 3.00. The minimum Gasteiger partial charge on any atom is -0.406 e. The summed E-state index contributed by atoms with van der Waals surface area (Å²) in [7, 11) is 0. The number of halogens is 3. The van der Waals surface area contributed by atoms with Crippen LogP contribution in [0.1, 0.15) is 12.0 Å². The molecule has 0 aliphatic carbocycles. The Morgan fingerprint density at radius 3 is 2.52 bits per heavy atom. The molecule has 8 heteroatoms. The molecular weight excluding hydrogens is 309 g/mol. The van der Waals surface area contributed by atoms with Gasteiger partial charge in [0.05, 0.1) is 0 Å². The first kappa shape index (κ1) is 15.4. The van der Waals surface area contributed by atoms with E-state index in [1.54, 1.807) is 0 Å². The van der Waals surface area contributed by atoms with E-state index in [1.807, 2.05) is 11.0 Å². The average Bonchev–Trinajstić information content (AvgIpc) is 2.42. The van der Waals surface area contributed by atoms with Crippen molar-refractivity contribution < 1.29 is 17.9 Å². The number of hydrogen-bond donors (Lipinski definition) is 1.